The van der Waals surface area contributed by atoms with E-state index in [1.54, 1.807) is 12.1 Å². The zero-order valence-electron chi connectivity index (χ0n) is 9.78. The van der Waals surface area contributed by atoms with Gasteiger partial charge in [0.15, 0.2) is 0 Å². The summed E-state index contributed by atoms with van der Waals surface area (Å²) in [6.07, 6.45) is 6.15. The van der Waals surface area contributed by atoms with Gasteiger partial charge in [-0.3, -0.25) is 0 Å². The van der Waals surface area contributed by atoms with E-state index in [9.17, 15) is 4.79 Å². The summed E-state index contributed by atoms with van der Waals surface area (Å²) in [4.78, 5) is 10.8. The van der Waals surface area contributed by atoms with E-state index in [0.717, 1.165) is 5.69 Å². The van der Waals surface area contributed by atoms with Crippen molar-refractivity contribution in [3.05, 3.63) is 23.8 Å². The van der Waals surface area contributed by atoms with Gasteiger partial charge in [0.1, 0.15) is 0 Å². The van der Waals surface area contributed by atoms with Crippen molar-refractivity contribution in [1.82, 2.24) is 0 Å². The first-order valence-corrected chi connectivity index (χ1v) is 6.06. The molecule has 92 valence electrons. The Balaban J connectivity index is 2.08. The van der Waals surface area contributed by atoms with Crippen molar-refractivity contribution in [3.63, 3.8) is 0 Å². The average molecular weight is 234 g/mol. The van der Waals surface area contributed by atoms with Gasteiger partial charge in [-0.2, -0.15) is 0 Å². The summed E-state index contributed by atoms with van der Waals surface area (Å²) in [5.74, 6) is -0.944. The lowest BCUT2D eigenvalue weighted by Crippen LogP contribution is -2.22. The molecule has 0 saturated heterocycles. The molecule has 0 amide bonds. The van der Waals surface area contributed by atoms with Gasteiger partial charge in [-0.1, -0.05) is 19.3 Å². The van der Waals surface area contributed by atoms with Crippen molar-refractivity contribution < 1.29 is 9.90 Å². The van der Waals surface area contributed by atoms with E-state index < -0.39 is 5.97 Å². The molecule has 4 nitrogen and oxygen atoms in total. The van der Waals surface area contributed by atoms with E-state index in [-0.39, 0.29) is 5.56 Å². The van der Waals surface area contributed by atoms with Crippen molar-refractivity contribution in [3.8, 4) is 0 Å². The second-order valence-electron chi connectivity index (χ2n) is 4.59. The van der Waals surface area contributed by atoms with E-state index in [1.807, 2.05) is 0 Å². The minimum atomic E-state index is -0.944. The van der Waals surface area contributed by atoms with Gasteiger partial charge in [0.25, 0.3) is 0 Å². The van der Waals surface area contributed by atoms with Crippen molar-refractivity contribution in [2.45, 2.75) is 38.1 Å². The fourth-order valence-corrected chi connectivity index (χ4v) is 2.29. The Morgan fingerprint density at radius 1 is 1.29 bits per heavy atom. The number of anilines is 2. The summed E-state index contributed by atoms with van der Waals surface area (Å²) in [5.41, 5.74) is 7.44. The molecule has 2 rings (SSSR count). The highest BCUT2D eigenvalue weighted by atomic mass is 16.4. The third-order valence-corrected chi connectivity index (χ3v) is 3.26. The molecule has 1 aliphatic rings. The van der Waals surface area contributed by atoms with Gasteiger partial charge < -0.3 is 16.2 Å². The van der Waals surface area contributed by atoms with Crippen LogP contribution in [0.25, 0.3) is 0 Å². The Bertz CT molecular complexity index is 412. The second kappa shape index (κ2) is 5.08. The third-order valence-electron chi connectivity index (χ3n) is 3.26. The molecule has 0 unspecified atom stereocenters. The zero-order chi connectivity index (χ0) is 12.3. The number of rotatable bonds is 3. The molecule has 0 bridgehead atoms. The van der Waals surface area contributed by atoms with Gasteiger partial charge in [0.2, 0.25) is 0 Å². The van der Waals surface area contributed by atoms with Crippen LogP contribution in [0.2, 0.25) is 0 Å². The Hall–Kier alpha value is -1.71. The van der Waals surface area contributed by atoms with Crippen molar-refractivity contribution in [1.29, 1.82) is 0 Å². The first kappa shape index (κ1) is 11.8. The Kier molecular flexibility index (Phi) is 3.52. The monoisotopic (exact) mass is 234 g/mol. The highest BCUT2D eigenvalue weighted by molar-refractivity contribution is 5.90. The molecule has 0 atom stereocenters. The largest absolute Gasteiger partial charge is 0.478 e. The van der Waals surface area contributed by atoms with Gasteiger partial charge in [-0.05, 0) is 31.0 Å². The highest BCUT2D eigenvalue weighted by Gasteiger charge is 2.14. The van der Waals surface area contributed by atoms with Crippen LogP contribution in [0.4, 0.5) is 11.4 Å². The number of nitrogen functional groups attached to an aromatic ring is 1. The van der Waals surface area contributed by atoms with E-state index in [0.29, 0.717) is 11.7 Å². The summed E-state index contributed by atoms with van der Waals surface area (Å²) in [5, 5.41) is 12.2. The van der Waals surface area contributed by atoms with Crippen LogP contribution in [0.15, 0.2) is 18.2 Å². The first-order chi connectivity index (χ1) is 8.16. The molecule has 1 saturated carbocycles. The summed E-state index contributed by atoms with van der Waals surface area (Å²) in [6.45, 7) is 0. The number of nitrogens with one attached hydrogen (secondary N) is 1. The number of carboxylic acid groups (broad SMARTS) is 1. The number of aromatic carboxylic acids is 1. The van der Waals surface area contributed by atoms with Crippen LogP contribution in [-0.4, -0.2) is 17.1 Å². The molecule has 1 aromatic carbocycles. The molecule has 4 N–H and O–H groups in total. The Morgan fingerprint density at radius 2 is 2.00 bits per heavy atom. The Labute approximate surface area is 101 Å². The fraction of sp³-hybridized carbons (Fsp3) is 0.462. The maximum absolute atomic E-state index is 10.8. The lowest BCUT2D eigenvalue weighted by atomic mass is 9.95. The molecule has 4 heteroatoms. The van der Waals surface area contributed by atoms with Crippen LogP contribution in [-0.2, 0) is 0 Å². The highest BCUT2D eigenvalue weighted by Crippen LogP contribution is 2.25. The lowest BCUT2D eigenvalue weighted by molar-refractivity contribution is 0.0697. The van der Waals surface area contributed by atoms with Gasteiger partial charge in [0, 0.05) is 6.04 Å². The minimum absolute atomic E-state index is 0.233. The fourth-order valence-electron chi connectivity index (χ4n) is 2.29. The van der Waals surface area contributed by atoms with Crippen LogP contribution < -0.4 is 11.1 Å². The van der Waals surface area contributed by atoms with Crippen LogP contribution >= 0.6 is 0 Å². The van der Waals surface area contributed by atoms with Crippen LogP contribution in [0.3, 0.4) is 0 Å². The van der Waals surface area contributed by atoms with Gasteiger partial charge in [-0.15, -0.1) is 0 Å². The van der Waals surface area contributed by atoms with Crippen molar-refractivity contribution >= 4 is 17.3 Å². The predicted molar refractivity (Wildman–Crippen MR) is 68.3 cm³/mol. The number of nitrogens with two attached hydrogens (primary N) is 1. The molecular weight excluding hydrogens is 216 g/mol. The van der Waals surface area contributed by atoms with Crippen LogP contribution in [0.1, 0.15) is 42.5 Å². The molecular formula is C13H18N2O2. The standard InChI is InChI=1S/C13H18N2O2/c14-11-8-9(13(16)17)6-7-12(11)15-10-4-2-1-3-5-10/h6-8,10,15H,1-5,14H2,(H,16,17). The maximum Gasteiger partial charge on any atom is 0.335 e. The van der Waals surface area contributed by atoms with E-state index >= 15 is 0 Å². The van der Waals surface area contributed by atoms with Crippen LogP contribution in [0.5, 0.6) is 0 Å². The molecule has 1 aromatic rings. The summed E-state index contributed by atoms with van der Waals surface area (Å²) in [7, 11) is 0. The number of carbonyl (C=O) groups is 1. The lowest BCUT2D eigenvalue weighted by Gasteiger charge is -2.24. The molecule has 0 aliphatic heterocycles. The van der Waals surface area contributed by atoms with Crippen molar-refractivity contribution in [2.75, 3.05) is 11.1 Å². The molecule has 1 aliphatic carbocycles. The average Bonchev–Trinajstić information content (AvgIpc) is 2.33. The number of hydrogen-bond donors (Lipinski definition) is 3. The predicted octanol–water partition coefficient (Wildman–Crippen LogP) is 2.71. The topological polar surface area (TPSA) is 75.4 Å². The number of hydrogen-bond acceptors (Lipinski definition) is 3. The number of carboxylic acids is 1. The molecule has 17 heavy (non-hydrogen) atoms. The van der Waals surface area contributed by atoms with Gasteiger partial charge in [0.05, 0.1) is 16.9 Å². The molecule has 0 aromatic heterocycles. The van der Waals surface area contributed by atoms with E-state index in [2.05, 4.69) is 5.32 Å². The van der Waals surface area contributed by atoms with E-state index in [4.69, 9.17) is 10.8 Å². The maximum atomic E-state index is 10.8. The minimum Gasteiger partial charge on any atom is -0.478 e. The van der Waals surface area contributed by atoms with E-state index in [1.165, 1.54) is 38.2 Å². The third kappa shape index (κ3) is 2.90. The quantitative estimate of drug-likeness (QED) is 0.703. The smallest absolute Gasteiger partial charge is 0.335 e. The Morgan fingerprint density at radius 3 is 2.59 bits per heavy atom. The summed E-state index contributed by atoms with van der Waals surface area (Å²) < 4.78 is 0. The normalized spacial score (nSPS) is 16.7. The molecule has 0 spiro atoms. The molecule has 0 radical (unpaired) electrons. The van der Waals surface area contributed by atoms with Crippen molar-refractivity contribution in [2.24, 2.45) is 0 Å². The first-order valence-electron chi connectivity index (χ1n) is 6.06. The zero-order valence-corrected chi connectivity index (χ0v) is 9.78. The summed E-state index contributed by atoms with van der Waals surface area (Å²) >= 11 is 0. The summed E-state index contributed by atoms with van der Waals surface area (Å²) in [6, 6.07) is 5.33. The molecule has 0 heterocycles. The SMILES string of the molecule is Nc1cc(C(=O)O)ccc1NC1CCCCC1. The van der Waals surface area contributed by atoms with Gasteiger partial charge >= 0.3 is 5.97 Å². The van der Waals surface area contributed by atoms with Crippen LogP contribution in [0, 0.1) is 0 Å². The second-order valence-corrected chi connectivity index (χ2v) is 4.59. The number of benzene rings is 1. The van der Waals surface area contributed by atoms with Gasteiger partial charge in [-0.25, -0.2) is 4.79 Å². The molecule has 1 fully saturated rings.